The molecule has 5 heteroatoms. The summed E-state index contributed by atoms with van der Waals surface area (Å²) in [6, 6.07) is 4.10. The number of carbonyl (C=O) groups is 1. The maximum absolute atomic E-state index is 12.2. The zero-order chi connectivity index (χ0) is 14.5. The average molecular weight is 353 g/mol. The summed E-state index contributed by atoms with van der Waals surface area (Å²) in [5.74, 6) is 0.235. The summed E-state index contributed by atoms with van der Waals surface area (Å²) in [6.45, 7) is 2.16. The van der Waals surface area contributed by atoms with Gasteiger partial charge in [-0.1, -0.05) is 19.8 Å². The van der Waals surface area contributed by atoms with E-state index in [-0.39, 0.29) is 17.5 Å². The molecule has 1 amide bonds. The van der Waals surface area contributed by atoms with E-state index in [4.69, 9.17) is 0 Å². The Morgan fingerprint density at radius 3 is 2.90 bits per heavy atom. The van der Waals surface area contributed by atoms with Crippen LogP contribution in [-0.2, 0) is 4.79 Å². The van der Waals surface area contributed by atoms with Gasteiger partial charge < -0.3 is 5.32 Å². The van der Waals surface area contributed by atoms with Gasteiger partial charge in [0.1, 0.15) is 11.6 Å². The van der Waals surface area contributed by atoms with E-state index in [1.165, 1.54) is 17.8 Å². The number of hydrogen-bond donors (Lipinski definition) is 1. The van der Waals surface area contributed by atoms with Crippen LogP contribution in [0.3, 0.4) is 0 Å². The van der Waals surface area contributed by atoms with Crippen LogP contribution in [0.1, 0.15) is 37.5 Å². The lowest BCUT2D eigenvalue weighted by atomic mass is 9.86. The van der Waals surface area contributed by atoms with Crippen molar-refractivity contribution in [3.63, 3.8) is 0 Å². The third kappa shape index (κ3) is 3.94. The fraction of sp³-hybridized carbons (Fsp3) is 0.467. The summed E-state index contributed by atoms with van der Waals surface area (Å²) in [5.41, 5.74) is 0.178. The van der Waals surface area contributed by atoms with Crippen LogP contribution in [0.4, 0.5) is 0 Å². The number of thiophene rings is 1. The van der Waals surface area contributed by atoms with Gasteiger partial charge in [0.05, 0.1) is 0 Å². The molecule has 1 saturated carbocycles. The summed E-state index contributed by atoms with van der Waals surface area (Å²) in [4.78, 5) is 13.1. The van der Waals surface area contributed by atoms with Gasteiger partial charge in [-0.05, 0) is 46.8 Å². The molecule has 0 unspecified atom stereocenters. The number of amides is 1. The number of hydrogen-bond acceptors (Lipinski definition) is 3. The minimum Gasteiger partial charge on any atom is -0.348 e. The lowest BCUT2D eigenvalue weighted by Gasteiger charge is -2.29. The molecule has 0 saturated heterocycles. The second-order valence-electron chi connectivity index (χ2n) is 5.18. The predicted octanol–water partition coefficient (Wildman–Crippen LogP) is 4.11. The van der Waals surface area contributed by atoms with Crippen LogP contribution < -0.4 is 5.32 Å². The van der Waals surface area contributed by atoms with Gasteiger partial charge in [0.2, 0.25) is 0 Å². The molecule has 1 N–H and O–H groups in total. The van der Waals surface area contributed by atoms with Gasteiger partial charge >= 0.3 is 0 Å². The van der Waals surface area contributed by atoms with Crippen LogP contribution >= 0.6 is 27.3 Å². The maximum atomic E-state index is 12.2. The first-order valence-corrected chi connectivity index (χ1v) is 8.44. The van der Waals surface area contributed by atoms with E-state index >= 15 is 0 Å². The third-order valence-electron chi connectivity index (χ3n) is 3.67. The van der Waals surface area contributed by atoms with E-state index in [0.29, 0.717) is 5.92 Å². The standard InChI is InChI=1S/C15H17BrN2OS/c1-10-4-2-3-5-14(10)18-15(19)11(8-17)6-13-7-12(16)9-20-13/h6-7,9-10,14H,2-5H2,1H3,(H,18,19)/b11-6+/t10-,14-/m0/s1. The minimum absolute atomic E-state index is 0.178. The lowest BCUT2D eigenvalue weighted by molar-refractivity contribution is -0.118. The first-order chi connectivity index (χ1) is 9.60. The topological polar surface area (TPSA) is 52.9 Å². The van der Waals surface area contributed by atoms with E-state index < -0.39 is 0 Å². The summed E-state index contributed by atoms with van der Waals surface area (Å²) in [6.07, 6.45) is 6.19. The molecule has 2 atom stereocenters. The Bertz CT molecular complexity index is 558. The molecule has 1 heterocycles. The fourth-order valence-corrected chi connectivity index (χ4v) is 3.85. The highest BCUT2D eigenvalue weighted by Crippen LogP contribution is 2.25. The molecule has 20 heavy (non-hydrogen) atoms. The zero-order valence-electron chi connectivity index (χ0n) is 11.4. The van der Waals surface area contributed by atoms with Crippen LogP contribution in [0.15, 0.2) is 21.5 Å². The largest absolute Gasteiger partial charge is 0.348 e. The SMILES string of the molecule is C[C@H]1CCCC[C@@H]1NC(=O)/C(C#N)=C/c1cc(Br)cs1. The Labute approximate surface area is 131 Å². The number of nitriles is 1. The molecule has 2 rings (SSSR count). The van der Waals surface area contributed by atoms with Gasteiger partial charge in [-0.2, -0.15) is 5.26 Å². The van der Waals surface area contributed by atoms with Gasteiger partial charge in [0.15, 0.2) is 0 Å². The molecule has 0 spiro atoms. The monoisotopic (exact) mass is 352 g/mol. The number of nitrogens with one attached hydrogen (secondary N) is 1. The van der Waals surface area contributed by atoms with E-state index in [2.05, 4.69) is 28.2 Å². The Morgan fingerprint density at radius 2 is 2.30 bits per heavy atom. The van der Waals surface area contributed by atoms with E-state index in [9.17, 15) is 10.1 Å². The minimum atomic E-state index is -0.254. The molecule has 1 fully saturated rings. The van der Waals surface area contributed by atoms with Crippen LogP contribution in [0.25, 0.3) is 6.08 Å². The smallest absolute Gasteiger partial charge is 0.262 e. The van der Waals surface area contributed by atoms with E-state index in [1.54, 1.807) is 6.08 Å². The summed E-state index contributed by atoms with van der Waals surface area (Å²) in [5, 5.41) is 14.1. The van der Waals surface area contributed by atoms with E-state index in [0.717, 1.165) is 28.6 Å². The molecule has 0 aliphatic heterocycles. The van der Waals surface area contributed by atoms with Crippen LogP contribution in [0.2, 0.25) is 0 Å². The molecule has 1 aliphatic carbocycles. The second-order valence-corrected chi connectivity index (χ2v) is 7.04. The molecule has 106 valence electrons. The zero-order valence-corrected chi connectivity index (χ0v) is 13.8. The van der Waals surface area contributed by atoms with Crippen molar-refractivity contribution >= 4 is 39.2 Å². The van der Waals surface area contributed by atoms with Crippen molar-refractivity contribution in [3.8, 4) is 6.07 Å². The van der Waals surface area contributed by atoms with Crippen molar-refractivity contribution in [1.82, 2.24) is 5.32 Å². The van der Waals surface area contributed by atoms with Crippen molar-refractivity contribution < 1.29 is 4.79 Å². The Hall–Kier alpha value is -1.12. The lowest BCUT2D eigenvalue weighted by Crippen LogP contribution is -2.41. The van der Waals surface area contributed by atoms with Gasteiger partial charge in [-0.25, -0.2) is 0 Å². The van der Waals surface area contributed by atoms with Crippen molar-refractivity contribution in [2.75, 3.05) is 0 Å². The molecule has 1 aromatic rings. The molecule has 1 aliphatic rings. The summed E-state index contributed by atoms with van der Waals surface area (Å²) < 4.78 is 0.965. The van der Waals surface area contributed by atoms with Gasteiger partial charge in [0, 0.05) is 20.8 Å². The molecule has 3 nitrogen and oxygen atoms in total. The van der Waals surface area contributed by atoms with Crippen molar-refractivity contribution in [1.29, 1.82) is 5.26 Å². The number of halogens is 1. The number of rotatable bonds is 3. The van der Waals surface area contributed by atoms with Gasteiger partial charge in [-0.15, -0.1) is 11.3 Å². The maximum Gasteiger partial charge on any atom is 0.262 e. The highest BCUT2D eigenvalue weighted by atomic mass is 79.9. The Balaban J connectivity index is 2.06. The molecular weight excluding hydrogens is 336 g/mol. The fourth-order valence-electron chi connectivity index (χ4n) is 2.47. The average Bonchev–Trinajstić information content (AvgIpc) is 2.84. The normalized spacial score (nSPS) is 23.1. The quantitative estimate of drug-likeness (QED) is 0.657. The predicted molar refractivity (Wildman–Crippen MR) is 85.2 cm³/mol. The van der Waals surface area contributed by atoms with Crippen LogP contribution in [-0.4, -0.2) is 11.9 Å². The van der Waals surface area contributed by atoms with Crippen LogP contribution in [0.5, 0.6) is 0 Å². The van der Waals surface area contributed by atoms with Gasteiger partial charge in [-0.3, -0.25) is 4.79 Å². The Kier molecular flexibility index (Phi) is 5.38. The highest BCUT2D eigenvalue weighted by Gasteiger charge is 2.24. The van der Waals surface area contributed by atoms with E-state index in [1.807, 2.05) is 17.5 Å². The molecular formula is C15H17BrN2OS. The molecule has 1 aromatic heterocycles. The van der Waals surface area contributed by atoms with Crippen LogP contribution in [0, 0.1) is 17.2 Å². The van der Waals surface area contributed by atoms with Crippen molar-refractivity contribution in [2.45, 2.75) is 38.6 Å². The summed E-state index contributed by atoms with van der Waals surface area (Å²) >= 11 is 4.87. The molecule has 0 bridgehead atoms. The first kappa shape index (κ1) is 15.3. The van der Waals surface area contributed by atoms with Gasteiger partial charge in [0.25, 0.3) is 5.91 Å². The number of carbonyl (C=O) groups excluding carboxylic acids is 1. The highest BCUT2D eigenvalue weighted by molar-refractivity contribution is 9.10. The molecule has 0 aromatic carbocycles. The first-order valence-electron chi connectivity index (χ1n) is 6.77. The second kappa shape index (κ2) is 7.05. The number of nitrogens with zero attached hydrogens (tertiary/aromatic N) is 1. The van der Waals surface area contributed by atoms with Crippen molar-refractivity contribution in [2.24, 2.45) is 5.92 Å². The third-order valence-corrected chi connectivity index (χ3v) is 5.31. The summed E-state index contributed by atoms with van der Waals surface area (Å²) in [7, 11) is 0. The van der Waals surface area contributed by atoms with Crippen molar-refractivity contribution in [3.05, 3.63) is 26.4 Å². The molecule has 0 radical (unpaired) electrons. The Morgan fingerprint density at radius 1 is 1.55 bits per heavy atom.